The van der Waals surface area contributed by atoms with E-state index in [0.29, 0.717) is 22.6 Å². The zero-order chi connectivity index (χ0) is 19.0. The smallest absolute Gasteiger partial charge is 0.234 e. The van der Waals surface area contributed by atoms with Crippen molar-refractivity contribution >= 4 is 17.7 Å². The highest BCUT2D eigenvalue weighted by Gasteiger charge is 2.35. The molecule has 138 valence electrons. The van der Waals surface area contributed by atoms with E-state index in [-0.39, 0.29) is 30.2 Å². The van der Waals surface area contributed by atoms with Crippen molar-refractivity contribution < 1.29 is 15.0 Å². The van der Waals surface area contributed by atoms with Crippen molar-refractivity contribution in [1.29, 1.82) is 0 Å². The summed E-state index contributed by atoms with van der Waals surface area (Å²) in [6.45, 7) is 7.97. The zero-order valence-electron chi connectivity index (χ0n) is 15.5. The van der Waals surface area contributed by atoms with E-state index in [9.17, 15) is 15.0 Å². The number of aromatic hydroxyl groups is 1. The lowest BCUT2D eigenvalue weighted by Gasteiger charge is -2.28. The van der Waals surface area contributed by atoms with Crippen molar-refractivity contribution in [3.8, 4) is 5.75 Å². The lowest BCUT2D eigenvalue weighted by atomic mass is 9.98. The van der Waals surface area contributed by atoms with Crippen molar-refractivity contribution in [2.45, 2.75) is 46.2 Å². The third-order valence-electron chi connectivity index (χ3n) is 4.88. The van der Waals surface area contributed by atoms with Crippen LogP contribution in [0.15, 0.2) is 18.3 Å². The van der Waals surface area contributed by atoms with E-state index in [1.807, 2.05) is 0 Å². The molecule has 0 radical (unpaired) electrons. The average Bonchev–Trinajstić information content (AvgIpc) is 2.92. The van der Waals surface area contributed by atoms with Gasteiger partial charge in [-0.1, -0.05) is 17.7 Å². The maximum absolute atomic E-state index is 12.6. The molecule has 1 unspecified atom stereocenters. The van der Waals surface area contributed by atoms with Crippen molar-refractivity contribution in [1.82, 2.24) is 9.88 Å². The maximum atomic E-state index is 12.6. The summed E-state index contributed by atoms with van der Waals surface area (Å²) in [7, 11) is 0. The molecule has 0 saturated carbocycles. The summed E-state index contributed by atoms with van der Waals surface area (Å²) in [6, 6.07) is 4.27. The third kappa shape index (κ3) is 3.31. The van der Waals surface area contributed by atoms with Crippen LogP contribution in [0.25, 0.3) is 0 Å². The number of aryl methyl sites for hydroxylation is 4. The molecule has 5 nitrogen and oxygen atoms in total. The Balaban J connectivity index is 2.02. The second-order valence-electron chi connectivity index (χ2n) is 6.85. The van der Waals surface area contributed by atoms with Gasteiger partial charge in [0.2, 0.25) is 5.91 Å². The van der Waals surface area contributed by atoms with E-state index in [0.717, 1.165) is 16.7 Å². The molecule has 1 atom stereocenters. The SMILES string of the molecule is Cc1cc(C)c(C2SCC(=O)N2Cc2c(CO)cnc(C)c2O)c(C)c1. The largest absolute Gasteiger partial charge is 0.506 e. The molecule has 2 N–H and O–H groups in total. The Morgan fingerprint density at radius 2 is 1.88 bits per heavy atom. The average molecular weight is 372 g/mol. The van der Waals surface area contributed by atoms with E-state index in [4.69, 9.17) is 0 Å². The number of amides is 1. The Labute approximate surface area is 158 Å². The highest BCUT2D eigenvalue weighted by molar-refractivity contribution is 8.00. The van der Waals surface area contributed by atoms with Gasteiger partial charge in [0.15, 0.2) is 0 Å². The van der Waals surface area contributed by atoms with Gasteiger partial charge in [0.05, 0.1) is 24.6 Å². The van der Waals surface area contributed by atoms with E-state index in [1.165, 1.54) is 5.56 Å². The van der Waals surface area contributed by atoms with Crippen LogP contribution in [0.2, 0.25) is 0 Å². The summed E-state index contributed by atoms with van der Waals surface area (Å²) in [6.07, 6.45) is 1.56. The van der Waals surface area contributed by atoms with Crippen LogP contribution in [-0.4, -0.2) is 31.8 Å². The van der Waals surface area contributed by atoms with E-state index in [1.54, 1.807) is 29.8 Å². The number of carbonyl (C=O) groups is 1. The molecule has 3 rings (SSSR count). The second-order valence-corrected chi connectivity index (χ2v) is 7.92. The van der Waals surface area contributed by atoms with Gasteiger partial charge in [0.1, 0.15) is 11.1 Å². The highest BCUT2D eigenvalue weighted by atomic mass is 32.2. The Morgan fingerprint density at radius 1 is 1.23 bits per heavy atom. The first-order valence-electron chi connectivity index (χ1n) is 8.59. The van der Waals surface area contributed by atoms with Crippen LogP contribution in [0.4, 0.5) is 0 Å². The van der Waals surface area contributed by atoms with Gasteiger partial charge in [-0.05, 0) is 44.4 Å². The molecule has 1 amide bonds. The number of carbonyl (C=O) groups excluding carboxylic acids is 1. The lowest BCUT2D eigenvalue weighted by molar-refractivity contribution is -0.128. The fourth-order valence-electron chi connectivity index (χ4n) is 3.61. The molecule has 1 aromatic carbocycles. The number of hydrogen-bond donors (Lipinski definition) is 2. The molecule has 1 aliphatic heterocycles. The van der Waals surface area contributed by atoms with Crippen LogP contribution in [0.1, 0.15) is 44.4 Å². The van der Waals surface area contributed by atoms with E-state index in [2.05, 4.69) is 37.9 Å². The molecule has 0 spiro atoms. The minimum absolute atomic E-state index is 0.0390. The van der Waals surface area contributed by atoms with Crippen LogP contribution in [0, 0.1) is 27.7 Å². The molecule has 2 heterocycles. The molecule has 1 aliphatic rings. The van der Waals surface area contributed by atoms with Crippen molar-refractivity contribution in [3.63, 3.8) is 0 Å². The third-order valence-corrected chi connectivity index (χ3v) is 6.10. The summed E-state index contributed by atoms with van der Waals surface area (Å²) in [5.74, 6) is 0.506. The molecule has 0 aliphatic carbocycles. The summed E-state index contributed by atoms with van der Waals surface area (Å²) in [5.41, 5.74) is 6.30. The predicted molar refractivity (Wildman–Crippen MR) is 103 cm³/mol. The van der Waals surface area contributed by atoms with Crippen molar-refractivity contribution in [2.24, 2.45) is 0 Å². The van der Waals surface area contributed by atoms with Crippen LogP contribution < -0.4 is 0 Å². The van der Waals surface area contributed by atoms with E-state index < -0.39 is 0 Å². The van der Waals surface area contributed by atoms with Crippen LogP contribution >= 0.6 is 11.8 Å². The number of thioether (sulfide) groups is 1. The number of aromatic nitrogens is 1. The molecule has 0 bridgehead atoms. The second kappa shape index (κ2) is 7.29. The molecular weight excluding hydrogens is 348 g/mol. The number of benzene rings is 1. The van der Waals surface area contributed by atoms with Gasteiger partial charge in [-0.2, -0.15) is 0 Å². The van der Waals surface area contributed by atoms with Crippen LogP contribution in [-0.2, 0) is 17.9 Å². The molecule has 1 fully saturated rings. The first kappa shape index (κ1) is 18.7. The number of nitrogens with zero attached hydrogens (tertiary/aromatic N) is 2. The number of rotatable bonds is 4. The number of aliphatic hydroxyl groups is 1. The predicted octanol–water partition coefficient (Wildman–Crippen LogP) is 3.29. The molecule has 2 aromatic rings. The lowest BCUT2D eigenvalue weighted by Crippen LogP contribution is -2.29. The zero-order valence-corrected chi connectivity index (χ0v) is 16.4. The Kier molecular flexibility index (Phi) is 5.25. The summed E-state index contributed by atoms with van der Waals surface area (Å²) >= 11 is 1.61. The number of aliphatic hydroxyl groups excluding tert-OH is 1. The summed E-state index contributed by atoms with van der Waals surface area (Å²) in [4.78, 5) is 18.5. The monoisotopic (exact) mass is 372 g/mol. The fourth-order valence-corrected chi connectivity index (χ4v) is 4.99. The van der Waals surface area contributed by atoms with Gasteiger partial charge in [-0.25, -0.2) is 0 Å². The normalized spacial score (nSPS) is 17.2. The van der Waals surface area contributed by atoms with Gasteiger partial charge < -0.3 is 15.1 Å². The van der Waals surface area contributed by atoms with Crippen LogP contribution in [0.5, 0.6) is 5.75 Å². The Bertz CT molecular complexity index is 843. The van der Waals surface area contributed by atoms with Gasteiger partial charge in [0.25, 0.3) is 0 Å². The van der Waals surface area contributed by atoms with Gasteiger partial charge >= 0.3 is 0 Å². The minimum Gasteiger partial charge on any atom is -0.506 e. The van der Waals surface area contributed by atoms with Gasteiger partial charge in [-0.15, -0.1) is 11.8 Å². The fraction of sp³-hybridized carbons (Fsp3) is 0.400. The quantitative estimate of drug-likeness (QED) is 0.862. The number of hydrogen-bond acceptors (Lipinski definition) is 5. The number of pyridine rings is 1. The van der Waals surface area contributed by atoms with Crippen LogP contribution in [0.3, 0.4) is 0 Å². The standard InChI is InChI=1S/C20H24N2O3S/c1-11-5-12(2)18(13(3)6-11)20-22(17(24)10-26-20)8-16-15(9-23)7-21-14(4)19(16)25/h5-7,20,23,25H,8-10H2,1-4H3. The Morgan fingerprint density at radius 3 is 2.50 bits per heavy atom. The molecule has 26 heavy (non-hydrogen) atoms. The van der Waals surface area contributed by atoms with Crippen molar-refractivity contribution in [3.05, 3.63) is 57.4 Å². The molecule has 6 heteroatoms. The summed E-state index contributed by atoms with van der Waals surface area (Å²) in [5, 5.41) is 20.0. The summed E-state index contributed by atoms with van der Waals surface area (Å²) < 4.78 is 0. The molecule has 1 aromatic heterocycles. The minimum atomic E-state index is -0.224. The first-order valence-corrected chi connectivity index (χ1v) is 9.64. The van der Waals surface area contributed by atoms with E-state index >= 15 is 0 Å². The van der Waals surface area contributed by atoms with Gasteiger partial charge in [-0.3, -0.25) is 9.78 Å². The maximum Gasteiger partial charge on any atom is 0.234 e. The highest BCUT2D eigenvalue weighted by Crippen LogP contribution is 2.43. The molecule has 1 saturated heterocycles. The molecular formula is C20H24N2O3S. The van der Waals surface area contributed by atoms with Gasteiger partial charge in [0, 0.05) is 17.3 Å². The van der Waals surface area contributed by atoms with Crippen molar-refractivity contribution in [2.75, 3.05) is 5.75 Å². The first-order chi connectivity index (χ1) is 12.3. The Hall–Kier alpha value is -2.05. The topological polar surface area (TPSA) is 73.7 Å².